The molecule has 5 nitrogen and oxygen atoms in total. The van der Waals surface area contributed by atoms with Crippen LogP contribution in [-0.4, -0.2) is 33.7 Å². The maximum absolute atomic E-state index is 13.3. The van der Waals surface area contributed by atoms with Crippen LogP contribution >= 0.6 is 0 Å². The molecule has 1 aromatic carbocycles. The summed E-state index contributed by atoms with van der Waals surface area (Å²) in [7, 11) is -3.66. The quantitative estimate of drug-likeness (QED) is 0.784. The van der Waals surface area contributed by atoms with E-state index < -0.39 is 21.7 Å². The van der Waals surface area contributed by atoms with Gasteiger partial charge in [-0.15, -0.1) is 0 Å². The van der Waals surface area contributed by atoms with Crippen molar-refractivity contribution < 1.29 is 22.0 Å². The van der Waals surface area contributed by atoms with Crippen LogP contribution < -0.4 is 9.62 Å². The van der Waals surface area contributed by atoms with Gasteiger partial charge in [0, 0.05) is 25.6 Å². The van der Waals surface area contributed by atoms with Crippen LogP contribution in [0, 0.1) is 17.6 Å². The Kier molecular flexibility index (Phi) is 6.93. The second-order valence-corrected chi connectivity index (χ2v) is 7.64. The fourth-order valence-electron chi connectivity index (χ4n) is 1.92. The molecule has 0 saturated heterocycles. The molecule has 0 aliphatic rings. The molecule has 130 valence electrons. The Morgan fingerprint density at radius 3 is 2.43 bits per heavy atom. The Hall–Kier alpha value is -1.70. The molecule has 1 N–H and O–H groups in total. The van der Waals surface area contributed by atoms with Gasteiger partial charge in [-0.25, -0.2) is 17.2 Å². The Balaban J connectivity index is 2.70. The van der Waals surface area contributed by atoms with Gasteiger partial charge in [0.1, 0.15) is 0 Å². The van der Waals surface area contributed by atoms with Crippen molar-refractivity contribution in [2.75, 3.05) is 23.7 Å². The summed E-state index contributed by atoms with van der Waals surface area (Å²) in [6, 6.07) is 2.89. The minimum atomic E-state index is -3.66. The Morgan fingerprint density at radius 2 is 1.91 bits per heavy atom. The fourth-order valence-corrected chi connectivity index (χ4v) is 2.87. The molecule has 0 spiro atoms. The molecule has 0 unspecified atom stereocenters. The van der Waals surface area contributed by atoms with Crippen molar-refractivity contribution in [2.45, 2.75) is 26.7 Å². The van der Waals surface area contributed by atoms with Gasteiger partial charge in [0.2, 0.25) is 15.9 Å². The zero-order valence-corrected chi connectivity index (χ0v) is 14.3. The normalized spacial score (nSPS) is 11.6. The van der Waals surface area contributed by atoms with Crippen LogP contribution in [0.4, 0.5) is 14.5 Å². The topological polar surface area (TPSA) is 66.5 Å². The third kappa shape index (κ3) is 6.52. The minimum absolute atomic E-state index is 0.0129. The number of nitrogens with zero attached hydrogens (tertiary/aromatic N) is 1. The van der Waals surface area contributed by atoms with E-state index in [2.05, 4.69) is 5.32 Å². The number of carbonyl (C=O) groups is 1. The summed E-state index contributed by atoms with van der Waals surface area (Å²) in [5, 5.41) is 2.73. The molecule has 1 aromatic rings. The van der Waals surface area contributed by atoms with Crippen LogP contribution in [0.3, 0.4) is 0 Å². The van der Waals surface area contributed by atoms with Crippen LogP contribution in [0.15, 0.2) is 18.2 Å². The van der Waals surface area contributed by atoms with Crippen LogP contribution in [0.25, 0.3) is 0 Å². The largest absolute Gasteiger partial charge is 0.356 e. The maximum atomic E-state index is 13.3. The zero-order chi connectivity index (χ0) is 17.6. The predicted octanol–water partition coefficient (Wildman–Crippen LogP) is 2.28. The van der Waals surface area contributed by atoms with Gasteiger partial charge in [-0.3, -0.25) is 9.10 Å². The summed E-state index contributed by atoms with van der Waals surface area (Å²) in [6.07, 6.45) is 1.41. The first-order chi connectivity index (χ1) is 10.6. The number of amides is 1. The lowest BCUT2D eigenvalue weighted by molar-refractivity contribution is -0.121. The van der Waals surface area contributed by atoms with E-state index in [-0.39, 0.29) is 31.0 Å². The zero-order valence-electron chi connectivity index (χ0n) is 13.5. The highest BCUT2D eigenvalue weighted by Crippen LogP contribution is 2.21. The van der Waals surface area contributed by atoms with E-state index in [1.165, 1.54) is 6.07 Å². The van der Waals surface area contributed by atoms with Gasteiger partial charge >= 0.3 is 0 Å². The summed E-state index contributed by atoms with van der Waals surface area (Å²) in [4.78, 5) is 11.6. The highest BCUT2D eigenvalue weighted by Gasteiger charge is 2.19. The third-order valence-corrected chi connectivity index (χ3v) is 4.26. The fraction of sp³-hybridized carbons (Fsp3) is 0.533. The summed E-state index contributed by atoms with van der Waals surface area (Å²) in [5.41, 5.74) is 0.0361. The number of hydrogen-bond donors (Lipinski definition) is 1. The molecule has 0 aliphatic heterocycles. The molecular weight excluding hydrogens is 326 g/mol. The SMILES string of the molecule is CC(C)CNC(=O)CCCN(c1ccc(F)c(F)c1)S(C)(=O)=O. The summed E-state index contributed by atoms with van der Waals surface area (Å²) < 4.78 is 50.9. The van der Waals surface area contributed by atoms with Gasteiger partial charge < -0.3 is 5.32 Å². The van der Waals surface area contributed by atoms with Crippen molar-refractivity contribution >= 4 is 21.6 Å². The number of hydrogen-bond acceptors (Lipinski definition) is 3. The minimum Gasteiger partial charge on any atom is -0.356 e. The van der Waals surface area contributed by atoms with E-state index in [0.29, 0.717) is 12.5 Å². The summed E-state index contributed by atoms with van der Waals surface area (Å²) in [6.45, 7) is 4.50. The number of benzene rings is 1. The average molecular weight is 348 g/mol. The van der Waals surface area contributed by atoms with Crippen LogP contribution in [0.2, 0.25) is 0 Å². The molecular formula is C15H22F2N2O3S. The van der Waals surface area contributed by atoms with E-state index in [0.717, 1.165) is 22.7 Å². The number of rotatable bonds is 8. The van der Waals surface area contributed by atoms with E-state index in [1.807, 2.05) is 13.8 Å². The first-order valence-corrected chi connectivity index (χ1v) is 9.15. The Bertz CT molecular complexity index is 648. The van der Waals surface area contributed by atoms with Crippen LogP contribution in [0.5, 0.6) is 0 Å². The Labute approximate surface area is 135 Å². The Morgan fingerprint density at radius 1 is 1.26 bits per heavy atom. The molecule has 0 heterocycles. The van der Waals surface area contributed by atoms with Gasteiger partial charge in [0.05, 0.1) is 11.9 Å². The first kappa shape index (κ1) is 19.3. The second-order valence-electron chi connectivity index (χ2n) is 5.74. The van der Waals surface area contributed by atoms with Crippen molar-refractivity contribution in [3.8, 4) is 0 Å². The molecule has 0 aromatic heterocycles. The van der Waals surface area contributed by atoms with Gasteiger partial charge in [-0.2, -0.15) is 0 Å². The number of nitrogens with one attached hydrogen (secondary N) is 1. The standard InChI is InChI=1S/C15H22F2N2O3S/c1-11(2)10-18-15(20)5-4-8-19(23(3,21)22)12-6-7-13(16)14(17)9-12/h6-7,9,11H,4-5,8,10H2,1-3H3,(H,18,20). The molecule has 0 atom stereocenters. The van der Waals surface area contributed by atoms with E-state index >= 15 is 0 Å². The second kappa shape index (κ2) is 8.24. The van der Waals surface area contributed by atoms with Gasteiger partial charge in [-0.05, 0) is 24.5 Å². The molecule has 23 heavy (non-hydrogen) atoms. The van der Waals surface area contributed by atoms with Crippen molar-refractivity contribution in [1.82, 2.24) is 5.32 Å². The average Bonchev–Trinajstić information content (AvgIpc) is 2.43. The molecule has 0 bridgehead atoms. The van der Waals surface area contributed by atoms with E-state index in [1.54, 1.807) is 0 Å². The lowest BCUT2D eigenvalue weighted by atomic mass is 10.2. The monoisotopic (exact) mass is 348 g/mol. The van der Waals surface area contributed by atoms with E-state index in [9.17, 15) is 22.0 Å². The smallest absolute Gasteiger partial charge is 0.232 e. The molecule has 0 fully saturated rings. The maximum Gasteiger partial charge on any atom is 0.232 e. The number of halogens is 2. The lowest BCUT2D eigenvalue weighted by Gasteiger charge is -2.22. The highest BCUT2D eigenvalue weighted by molar-refractivity contribution is 7.92. The molecule has 8 heteroatoms. The van der Waals surface area contributed by atoms with E-state index in [4.69, 9.17) is 0 Å². The molecule has 1 amide bonds. The predicted molar refractivity (Wildman–Crippen MR) is 85.6 cm³/mol. The van der Waals surface area contributed by atoms with Gasteiger partial charge in [0.25, 0.3) is 0 Å². The van der Waals surface area contributed by atoms with Crippen molar-refractivity contribution in [3.63, 3.8) is 0 Å². The van der Waals surface area contributed by atoms with Gasteiger partial charge in [-0.1, -0.05) is 13.8 Å². The van der Waals surface area contributed by atoms with Gasteiger partial charge in [0.15, 0.2) is 11.6 Å². The lowest BCUT2D eigenvalue weighted by Crippen LogP contribution is -2.32. The summed E-state index contributed by atoms with van der Waals surface area (Å²) in [5.74, 6) is -2.01. The van der Waals surface area contributed by atoms with Crippen LogP contribution in [-0.2, 0) is 14.8 Å². The first-order valence-electron chi connectivity index (χ1n) is 7.30. The van der Waals surface area contributed by atoms with Crippen molar-refractivity contribution in [3.05, 3.63) is 29.8 Å². The third-order valence-electron chi connectivity index (χ3n) is 3.06. The number of sulfonamides is 1. The molecule has 0 aliphatic carbocycles. The molecule has 1 rings (SSSR count). The van der Waals surface area contributed by atoms with Crippen molar-refractivity contribution in [1.29, 1.82) is 0 Å². The molecule has 0 saturated carbocycles. The molecule has 0 radical (unpaired) electrons. The summed E-state index contributed by atoms with van der Waals surface area (Å²) >= 11 is 0. The number of carbonyl (C=O) groups excluding carboxylic acids is 1. The van der Waals surface area contributed by atoms with Crippen molar-refractivity contribution in [2.24, 2.45) is 5.92 Å². The van der Waals surface area contributed by atoms with Crippen LogP contribution in [0.1, 0.15) is 26.7 Å². The highest BCUT2D eigenvalue weighted by atomic mass is 32.2. The number of anilines is 1.